The molecule has 1 aliphatic carbocycles. The molecule has 1 heterocycles. The van der Waals surface area contributed by atoms with E-state index in [4.69, 9.17) is 16.3 Å². The summed E-state index contributed by atoms with van der Waals surface area (Å²) in [5, 5.41) is 4.44. The van der Waals surface area contributed by atoms with E-state index in [-0.39, 0.29) is 0 Å². The highest BCUT2D eigenvalue weighted by atomic mass is 35.5. The quantitative estimate of drug-likeness (QED) is 0.898. The van der Waals surface area contributed by atoms with Crippen LogP contribution in [-0.4, -0.2) is 32.8 Å². The average molecular weight is 281 g/mol. The van der Waals surface area contributed by atoms with Crippen LogP contribution < -0.4 is 15.0 Å². The van der Waals surface area contributed by atoms with Gasteiger partial charge in [0.1, 0.15) is 5.75 Å². The molecule has 19 heavy (non-hydrogen) atoms. The minimum atomic E-state index is 0.739. The number of benzene rings is 1. The van der Waals surface area contributed by atoms with E-state index in [2.05, 4.69) is 10.2 Å². The maximum absolute atomic E-state index is 6.31. The van der Waals surface area contributed by atoms with Gasteiger partial charge in [-0.15, -0.1) is 0 Å². The summed E-state index contributed by atoms with van der Waals surface area (Å²) in [6.45, 7) is 3.32. The second-order valence-electron chi connectivity index (χ2n) is 5.60. The van der Waals surface area contributed by atoms with Crippen molar-refractivity contribution in [1.82, 2.24) is 5.32 Å². The van der Waals surface area contributed by atoms with E-state index in [0.29, 0.717) is 0 Å². The van der Waals surface area contributed by atoms with Gasteiger partial charge in [-0.05, 0) is 43.9 Å². The Bertz CT molecular complexity index is 448. The molecule has 0 amide bonds. The third-order valence-corrected chi connectivity index (χ3v) is 4.37. The Hall–Kier alpha value is -0.930. The normalized spacial score (nSPS) is 22.8. The largest absolute Gasteiger partial charge is 0.497 e. The summed E-state index contributed by atoms with van der Waals surface area (Å²) in [5.74, 6) is 1.61. The molecule has 2 aliphatic rings. The van der Waals surface area contributed by atoms with Crippen LogP contribution in [0.2, 0.25) is 5.02 Å². The molecule has 104 valence electrons. The van der Waals surface area contributed by atoms with E-state index in [9.17, 15) is 0 Å². The Morgan fingerprint density at radius 1 is 1.37 bits per heavy atom. The Morgan fingerprint density at radius 2 is 2.21 bits per heavy atom. The second-order valence-corrected chi connectivity index (χ2v) is 6.01. The molecule has 1 atom stereocenters. The fraction of sp³-hybridized carbons (Fsp3) is 0.600. The van der Waals surface area contributed by atoms with Gasteiger partial charge in [-0.2, -0.15) is 0 Å². The predicted octanol–water partition coefficient (Wildman–Crippen LogP) is 2.93. The van der Waals surface area contributed by atoms with Gasteiger partial charge >= 0.3 is 0 Å². The molecule has 1 aliphatic heterocycles. The van der Waals surface area contributed by atoms with Gasteiger partial charge in [-0.1, -0.05) is 11.6 Å². The van der Waals surface area contributed by atoms with Crippen molar-refractivity contribution in [3.8, 4) is 5.75 Å². The van der Waals surface area contributed by atoms with E-state index < -0.39 is 0 Å². The highest BCUT2D eigenvalue weighted by Crippen LogP contribution is 2.33. The van der Waals surface area contributed by atoms with E-state index in [1.807, 2.05) is 18.2 Å². The van der Waals surface area contributed by atoms with Crippen molar-refractivity contribution in [2.24, 2.45) is 5.92 Å². The van der Waals surface area contributed by atoms with Crippen LogP contribution in [0.1, 0.15) is 19.3 Å². The second kappa shape index (κ2) is 5.59. The molecule has 1 saturated heterocycles. The molecule has 1 N–H and O–H groups in total. The molecule has 1 unspecified atom stereocenters. The standard InChI is InChI=1S/C15H21ClN2O/c1-19-13-4-5-14(16)15(8-13)18-7-6-11(10-18)9-17-12-2-3-12/h4-5,8,11-12,17H,2-3,6-7,9-10H2,1H3. The lowest BCUT2D eigenvalue weighted by atomic mass is 10.1. The average Bonchev–Trinajstić information content (AvgIpc) is 3.15. The van der Waals surface area contributed by atoms with Crippen molar-refractivity contribution in [2.45, 2.75) is 25.3 Å². The van der Waals surface area contributed by atoms with E-state index >= 15 is 0 Å². The number of nitrogens with one attached hydrogen (secondary N) is 1. The van der Waals surface area contributed by atoms with Crippen molar-refractivity contribution >= 4 is 17.3 Å². The van der Waals surface area contributed by atoms with Gasteiger partial charge in [0.25, 0.3) is 0 Å². The van der Waals surface area contributed by atoms with Crippen molar-refractivity contribution in [1.29, 1.82) is 0 Å². The van der Waals surface area contributed by atoms with Crippen LogP contribution in [0.25, 0.3) is 0 Å². The third kappa shape index (κ3) is 3.15. The van der Waals surface area contributed by atoms with Crippen molar-refractivity contribution in [3.05, 3.63) is 23.2 Å². The maximum atomic E-state index is 6.31. The lowest BCUT2D eigenvalue weighted by molar-refractivity contribution is 0.415. The Morgan fingerprint density at radius 3 is 2.95 bits per heavy atom. The molecule has 3 rings (SSSR count). The zero-order valence-electron chi connectivity index (χ0n) is 11.4. The Labute approximate surface area is 119 Å². The number of rotatable bonds is 5. The van der Waals surface area contributed by atoms with Crippen LogP contribution in [0.15, 0.2) is 18.2 Å². The highest BCUT2D eigenvalue weighted by molar-refractivity contribution is 6.33. The van der Waals surface area contributed by atoms with E-state index in [0.717, 1.165) is 48.1 Å². The number of halogens is 1. The van der Waals surface area contributed by atoms with Gasteiger partial charge in [-0.3, -0.25) is 0 Å². The lowest BCUT2D eigenvalue weighted by Gasteiger charge is -2.21. The van der Waals surface area contributed by atoms with Crippen LogP contribution in [-0.2, 0) is 0 Å². The maximum Gasteiger partial charge on any atom is 0.121 e. The molecule has 0 aromatic heterocycles. The van der Waals surface area contributed by atoms with Gasteiger partial charge in [0.2, 0.25) is 0 Å². The first-order chi connectivity index (χ1) is 9.26. The zero-order valence-corrected chi connectivity index (χ0v) is 12.1. The van der Waals surface area contributed by atoms with Gasteiger partial charge in [0, 0.05) is 25.2 Å². The topological polar surface area (TPSA) is 24.5 Å². The van der Waals surface area contributed by atoms with Crippen LogP contribution in [0, 0.1) is 5.92 Å². The molecule has 0 bridgehead atoms. The number of nitrogens with zero attached hydrogens (tertiary/aromatic N) is 1. The van der Waals surface area contributed by atoms with Crippen molar-refractivity contribution < 1.29 is 4.74 Å². The van der Waals surface area contributed by atoms with Crippen LogP contribution in [0.5, 0.6) is 5.75 Å². The summed E-state index contributed by atoms with van der Waals surface area (Å²) in [7, 11) is 1.69. The molecule has 1 saturated carbocycles. The molecular formula is C15H21ClN2O. The molecule has 0 radical (unpaired) electrons. The van der Waals surface area contributed by atoms with Gasteiger partial charge in [-0.25, -0.2) is 0 Å². The third-order valence-electron chi connectivity index (χ3n) is 4.05. The molecule has 4 heteroatoms. The minimum absolute atomic E-state index is 0.739. The van der Waals surface area contributed by atoms with Crippen molar-refractivity contribution in [3.63, 3.8) is 0 Å². The number of hydrogen-bond acceptors (Lipinski definition) is 3. The first-order valence-corrected chi connectivity index (χ1v) is 7.46. The molecule has 0 spiro atoms. The van der Waals surface area contributed by atoms with Gasteiger partial charge in [0.15, 0.2) is 0 Å². The first kappa shape index (κ1) is 13.1. The zero-order chi connectivity index (χ0) is 13.2. The first-order valence-electron chi connectivity index (χ1n) is 7.08. The summed E-state index contributed by atoms with van der Waals surface area (Å²) in [4.78, 5) is 2.38. The molecular weight excluding hydrogens is 260 g/mol. The SMILES string of the molecule is COc1ccc(Cl)c(N2CCC(CNC3CC3)C2)c1. The summed E-state index contributed by atoms with van der Waals surface area (Å²) < 4.78 is 5.29. The van der Waals surface area contributed by atoms with E-state index in [1.54, 1.807) is 7.11 Å². The van der Waals surface area contributed by atoms with Crippen LogP contribution in [0.3, 0.4) is 0 Å². The number of hydrogen-bond donors (Lipinski definition) is 1. The summed E-state index contributed by atoms with van der Waals surface area (Å²) in [5.41, 5.74) is 1.11. The summed E-state index contributed by atoms with van der Waals surface area (Å²) in [6.07, 6.45) is 3.96. The predicted molar refractivity (Wildman–Crippen MR) is 79.3 cm³/mol. The fourth-order valence-electron chi connectivity index (χ4n) is 2.70. The van der Waals surface area contributed by atoms with Gasteiger partial charge in [0.05, 0.1) is 17.8 Å². The number of methoxy groups -OCH3 is 1. The molecule has 1 aromatic rings. The Kier molecular flexibility index (Phi) is 3.85. The summed E-state index contributed by atoms with van der Waals surface area (Å²) in [6, 6.07) is 6.67. The summed E-state index contributed by atoms with van der Waals surface area (Å²) >= 11 is 6.31. The number of ether oxygens (including phenoxy) is 1. The minimum Gasteiger partial charge on any atom is -0.497 e. The fourth-order valence-corrected chi connectivity index (χ4v) is 2.94. The molecule has 3 nitrogen and oxygen atoms in total. The van der Waals surface area contributed by atoms with Crippen LogP contribution >= 0.6 is 11.6 Å². The van der Waals surface area contributed by atoms with Gasteiger partial charge < -0.3 is 15.0 Å². The smallest absolute Gasteiger partial charge is 0.121 e. The molecule has 1 aromatic carbocycles. The van der Waals surface area contributed by atoms with Crippen molar-refractivity contribution in [2.75, 3.05) is 31.6 Å². The number of anilines is 1. The van der Waals surface area contributed by atoms with E-state index in [1.165, 1.54) is 19.3 Å². The lowest BCUT2D eigenvalue weighted by Crippen LogP contribution is -2.27. The molecule has 2 fully saturated rings. The highest BCUT2D eigenvalue weighted by Gasteiger charge is 2.27. The van der Waals surface area contributed by atoms with Crippen LogP contribution in [0.4, 0.5) is 5.69 Å². The Balaban J connectivity index is 1.62. The monoisotopic (exact) mass is 280 g/mol.